The number of nitrogens with zero attached hydrogens (tertiary/aromatic N) is 4. The second-order valence-electron chi connectivity index (χ2n) is 9.60. The summed E-state index contributed by atoms with van der Waals surface area (Å²) < 4.78 is 5.34. The Balaban J connectivity index is 1.52. The quantitative estimate of drug-likeness (QED) is 0.725. The van der Waals surface area contributed by atoms with Gasteiger partial charge < -0.3 is 14.5 Å². The third kappa shape index (κ3) is 4.17. The number of fused-ring (bicyclic) bond motifs is 1. The van der Waals surface area contributed by atoms with Crippen LogP contribution in [0.4, 0.5) is 5.95 Å². The van der Waals surface area contributed by atoms with Crippen LogP contribution in [0.25, 0.3) is 11.1 Å². The van der Waals surface area contributed by atoms with Gasteiger partial charge in [-0.2, -0.15) is 0 Å². The monoisotopic (exact) mass is 450 g/mol. The van der Waals surface area contributed by atoms with Gasteiger partial charge >= 0.3 is 0 Å². The highest BCUT2D eigenvalue weighted by molar-refractivity contribution is 5.83. The minimum atomic E-state index is -0.155. The molecule has 2 aromatic rings. The van der Waals surface area contributed by atoms with Gasteiger partial charge in [-0.15, -0.1) is 0 Å². The van der Waals surface area contributed by atoms with Crippen LogP contribution in [0, 0.1) is 5.92 Å². The fraction of sp³-hybridized carbons (Fsp3) is 0.560. The molecule has 0 radical (unpaired) electrons. The van der Waals surface area contributed by atoms with Crippen molar-refractivity contribution in [2.75, 3.05) is 32.6 Å². The predicted octanol–water partition coefficient (Wildman–Crippen LogP) is 2.92. The molecule has 8 nitrogen and oxygen atoms in total. The van der Waals surface area contributed by atoms with E-state index in [0.717, 1.165) is 61.2 Å². The number of hydrazine groups is 1. The number of methoxy groups -OCH3 is 1. The number of nitrogens with one attached hydrogen (secondary N) is 2. The topological polar surface area (TPSA) is 82.6 Å². The van der Waals surface area contributed by atoms with Gasteiger partial charge in [0.25, 0.3) is 0 Å². The molecule has 2 N–H and O–H groups in total. The van der Waals surface area contributed by atoms with E-state index in [-0.39, 0.29) is 18.0 Å². The molecule has 3 heterocycles. The Kier molecular flexibility index (Phi) is 6.21. The Bertz CT molecular complexity index is 995. The van der Waals surface area contributed by atoms with E-state index < -0.39 is 0 Å². The molecule has 1 aromatic heterocycles. The maximum absolute atomic E-state index is 13.8. The van der Waals surface area contributed by atoms with E-state index in [1.54, 1.807) is 7.11 Å². The van der Waals surface area contributed by atoms with E-state index in [9.17, 15) is 4.79 Å². The summed E-state index contributed by atoms with van der Waals surface area (Å²) in [5.41, 5.74) is 9.63. The van der Waals surface area contributed by atoms with Gasteiger partial charge in [0.2, 0.25) is 11.9 Å². The number of carbonyl (C=O) groups is 1. The third-order valence-corrected chi connectivity index (χ3v) is 7.40. The fourth-order valence-electron chi connectivity index (χ4n) is 5.62. The zero-order valence-corrected chi connectivity index (χ0v) is 19.8. The van der Waals surface area contributed by atoms with Gasteiger partial charge in [-0.25, -0.2) is 15.4 Å². The van der Waals surface area contributed by atoms with Crippen LogP contribution in [0.15, 0.2) is 30.5 Å². The summed E-state index contributed by atoms with van der Waals surface area (Å²) in [5.74, 6) is 2.06. The molecule has 1 saturated carbocycles. The average Bonchev–Trinajstić information content (AvgIpc) is 3.47. The summed E-state index contributed by atoms with van der Waals surface area (Å²) in [6.45, 7) is 0.766. The van der Waals surface area contributed by atoms with E-state index in [0.29, 0.717) is 17.9 Å². The van der Waals surface area contributed by atoms with Gasteiger partial charge in [0, 0.05) is 44.4 Å². The van der Waals surface area contributed by atoms with Crippen molar-refractivity contribution in [3.05, 3.63) is 36.2 Å². The number of anilines is 1. The summed E-state index contributed by atoms with van der Waals surface area (Å²) in [6.07, 6.45) is 8.36. The van der Waals surface area contributed by atoms with Crippen LogP contribution in [0.3, 0.4) is 0 Å². The van der Waals surface area contributed by atoms with Crippen molar-refractivity contribution in [2.45, 2.75) is 56.7 Å². The molecule has 5 rings (SSSR count). The summed E-state index contributed by atoms with van der Waals surface area (Å²) >= 11 is 0. The first-order chi connectivity index (χ1) is 16.1. The molecular weight excluding hydrogens is 416 g/mol. The lowest BCUT2D eigenvalue weighted by Crippen LogP contribution is -2.50. The maximum atomic E-state index is 13.8. The van der Waals surface area contributed by atoms with Gasteiger partial charge in [0.1, 0.15) is 11.8 Å². The number of rotatable bonds is 5. The maximum Gasteiger partial charge on any atom is 0.241 e. The number of ether oxygens (including phenoxy) is 1. The molecule has 0 bridgehead atoms. The average molecular weight is 451 g/mol. The normalized spacial score (nSPS) is 26.8. The first kappa shape index (κ1) is 22.1. The van der Waals surface area contributed by atoms with Crippen molar-refractivity contribution in [2.24, 2.45) is 5.92 Å². The summed E-state index contributed by atoms with van der Waals surface area (Å²) in [6, 6.07) is 8.18. The van der Waals surface area contributed by atoms with Crippen LogP contribution < -0.4 is 20.5 Å². The van der Waals surface area contributed by atoms with Crippen LogP contribution in [0.1, 0.15) is 50.3 Å². The Morgan fingerprint density at radius 1 is 1.09 bits per heavy atom. The molecular formula is C25H34N6O2. The standard InChI is InChI=1S/C25H34N6O2/c1-30(2)25-26-15-19(16-10-12-17(33-3)13-11-16)22(27-25)21-9-4-5-14-31(21)24(32)23-18-7-6-8-20(18)28-29-23/h10-13,15,18,20-21,23,28-29H,4-9,14H2,1-3H3. The Hall–Kier alpha value is -2.71. The Morgan fingerprint density at radius 3 is 2.67 bits per heavy atom. The molecule has 1 aromatic carbocycles. The SMILES string of the molecule is COc1ccc(-c2cnc(N(C)C)nc2C2CCCCN2C(=O)C2NNC3CCCC32)cc1. The van der Waals surface area contributed by atoms with Crippen molar-refractivity contribution in [1.82, 2.24) is 25.7 Å². The molecule has 176 valence electrons. The number of likely N-dealkylation sites (tertiary alicyclic amines) is 1. The zero-order valence-electron chi connectivity index (χ0n) is 19.8. The van der Waals surface area contributed by atoms with Crippen molar-refractivity contribution >= 4 is 11.9 Å². The zero-order chi connectivity index (χ0) is 22.9. The van der Waals surface area contributed by atoms with Gasteiger partial charge in [-0.3, -0.25) is 10.2 Å². The van der Waals surface area contributed by atoms with Gasteiger partial charge in [-0.1, -0.05) is 18.6 Å². The van der Waals surface area contributed by atoms with Crippen LogP contribution in [-0.2, 0) is 4.79 Å². The number of piperidine rings is 1. The summed E-state index contributed by atoms with van der Waals surface area (Å²) in [7, 11) is 5.57. The minimum absolute atomic E-state index is 0.0627. The van der Waals surface area contributed by atoms with E-state index in [2.05, 4.69) is 20.7 Å². The lowest BCUT2D eigenvalue weighted by Gasteiger charge is -2.38. The van der Waals surface area contributed by atoms with Gasteiger partial charge in [0.05, 0.1) is 18.8 Å². The number of benzene rings is 1. The lowest BCUT2D eigenvalue weighted by molar-refractivity contribution is -0.138. The number of hydrogen-bond acceptors (Lipinski definition) is 7. The second-order valence-corrected chi connectivity index (χ2v) is 9.60. The molecule has 4 atom stereocenters. The van der Waals surface area contributed by atoms with Gasteiger partial charge in [-0.05, 0) is 49.8 Å². The minimum Gasteiger partial charge on any atom is -0.497 e. The highest BCUT2D eigenvalue weighted by Gasteiger charge is 2.45. The molecule has 1 amide bonds. The smallest absolute Gasteiger partial charge is 0.241 e. The number of amides is 1. The molecule has 3 aliphatic rings. The summed E-state index contributed by atoms with van der Waals surface area (Å²) in [5, 5.41) is 0. The van der Waals surface area contributed by atoms with E-state index >= 15 is 0 Å². The first-order valence-corrected chi connectivity index (χ1v) is 12.1. The molecule has 8 heteroatoms. The number of hydrogen-bond donors (Lipinski definition) is 2. The van der Waals surface area contributed by atoms with Crippen LogP contribution in [0.2, 0.25) is 0 Å². The summed E-state index contributed by atoms with van der Waals surface area (Å²) in [4.78, 5) is 27.4. The number of carbonyl (C=O) groups excluding carboxylic acids is 1. The predicted molar refractivity (Wildman–Crippen MR) is 128 cm³/mol. The molecule has 1 aliphatic carbocycles. The molecule has 4 unspecified atom stereocenters. The second kappa shape index (κ2) is 9.27. The lowest BCUT2D eigenvalue weighted by atomic mass is 9.91. The highest BCUT2D eigenvalue weighted by atomic mass is 16.5. The van der Waals surface area contributed by atoms with Crippen molar-refractivity contribution in [3.8, 4) is 16.9 Å². The van der Waals surface area contributed by atoms with Crippen LogP contribution in [0.5, 0.6) is 5.75 Å². The Labute approximate surface area is 195 Å². The van der Waals surface area contributed by atoms with Gasteiger partial charge in [0.15, 0.2) is 0 Å². The van der Waals surface area contributed by atoms with E-state index in [4.69, 9.17) is 9.72 Å². The molecule has 3 fully saturated rings. The Morgan fingerprint density at radius 2 is 1.91 bits per heavy atom. The molecule has 2 aliphatic heterocycles. The third-order valence-electron chi connectivity index (χ3n) is 7.40. The number of aromatic nitrogens is 2. The molecule has 2 saturated heterocycles. The molecule has 0 spiro atoms. The van der Waals surface area contributed by atoms with Crippen LogP contribution in [-0.4, -0.2) is 60.6 Å². The van der Waals surface area contributed by atoms with E-state index in [1.165, 1.54) is 6.42 Å². The fourth-order valence-corrected chi connectivity index (χ4v) is 5.62. The largest absolute Gasteiger partial charge is 0.497 e. The van der Waals surface area contributed by atoms with E-state index in [1.807, 2.05) is 49.5 Å². The highest BCUT2D eigenvalue weighted by Crippen LogP contribution is 2.39. The van der Waals surface area contributed by atoms with Crippen LogP contribution >= 0.6 is 0 Å². The van der Waals surface area contributed by atoms with Crippen molar-refractivity contribution in [1.29, 1.82) is 0 Å². The molecule has 33 heavy (non-hydrogen) atoms. The first-order valence-electron chi connectivity index (χ1n) is 12.1. The van der Waals surface area contributed by atoms with Crippen molar-refractivity contribution in [3.63, 3.8) is 0 Å². The van der Waals surface area contributed by atoms with Crippen molar-refractivity contribution < 1.29 is 9.53 Å².